The van der Waals surface area contributed by atoms with Gasteiger partial charge in [0.15, 0.2) is 0 Å². The summed E-state index contributed by atoms with van der Waals surface area (Å²) in [6, 6.07) is 15.9. The fourth-order valence-corrected chi connectivity index (χ4v) is 3.07. The van der Waals surface area contributed by atoms with E-state index in [0.29, 0.717) is 32.0 Å². The molecule has 3 rings (SSSR count). The third-order valence-corrected chi connectivity index (χ3v) is 4.48. The summed E-state index contributed by atoms with van der Waals surface area (Å²) in [6.45, 7) is 5.73. The Morgan fingerprint density at radius 3 is 2.44 bits per heavy atom. The summed E-state index contributed by atoms with van der Waals surface area (Å²) in [5, 5.41) is 10.2. The summed E-state index contributed by atoms with van der Waals surface area (Å²) < 4.78 is 5.05. The van der Waals surface area contributed by atoms with Crippen molar-refractivity contribution in [1.29, 1.82) is 0 Å². The van der Waals surface area contributed by atoms with Crippen LogP contribution in [0.4, 0.5) is 4.79 Å². The van der Waals surface area contributed by atoms with E-state index < -0.39 is 0 Å². The van der Waals surface area contributed by atoms with E-state index in [4.69, 9.17) is 4.74 Å². The Bertz CT molecular complexity index is 710. The summed E-state index contributed by atoms with van der Waals surface area (Å²) in [5.41, 5.74) is 3.14. The highest BCUT2D eigenvalue weighted by Crippen LogP contribution is 2.27. The standard InChI is InChI=1S/C20H24N2O3/c1-2-25-20(24)22-12-10-21(11-13-22)15-18-14-17(8-9-19(18)23)16-6-4-3-5-7-16/h3-9,14,23H,2,10-13,15H2,1H3. The first kappa shape index (κ1) is 17.3. The molecule has 5 nitrogen and oxygen atoms in total. The van der Waals surface area contributed by atoms with Gasteiger partial charge in [-0.2, -0.15) is 0 Å². The molecule has 0 radical (unpaired) electrons. The Balaban J connectivity index is 1.65. The Hall–Kier alpha value is -2.53. The van der Waals surface area contributed by atoms with Crippen LogP contribution in [0, 0.1) is 0 Å². The first-order chi connectivity index (χ1) is 12.2. The maximum atomic E-state index is 11.8. The molecule has 2 aromatic carbocycles. The number of amides is 1. The molecule has 0 atom stereocenters. The first-order valence-corrected chi connectivity index (χ1v) is 8.68. The second-order valence-corrected chi connectivity index (χ2v) is 6.17. The highest BCUT2D eigenvalue weighted by molar-refractivity contribution is 5.67. The fourth-order valence-electron chi connectivity index (χ4n) is 3.07. The minimum Gasteiger partial charge on any atom is -0.508 e. The molecule has 5 heteroatoms. The van der Waals surface area contributed by atoms with Crippen molar-refractivity contribution < 1.29 is 14.6 Å². The van der Waals surface area contributed by atoms with E-state index >= 15 is 0 Å². The number of benzene rings is 2. The van der Waals surface area contributed by atoms with E-state index in [0.717, 1.165) is 29.8 Å². The Labute approximate surface area is 148 Å². The molecule has 2 aromatic rings. The first-order valence-electron chi connectivity index (χ1n) is 8.68. The van der Waals surface area contributed by atoms with Gasteiger partial charge in [0.05, 0.1) is 6.61 Å². The fraction of sp³-hybridized carbons (Fsp3) is 0.350. The van der Waals surface area contributed by atoms with E-state index in [1.165, 1.54) is 0 Å². The molecular formula is C20H24N2O3. The number of carbonyl (C=O) groups excluding carboxylic acids is 1. The lowest BCUT2D eigenvalue weighted by atomic mass is 10.0. The van der Waals surface area contributed by atoms with E-state index in [1.54, 1.807) is 11.0 Å². The molecule has 1 aliphatic rings. The van der Waals surface area contributed by atoms with Crippen molar-refractivity contribution in [2.75, 3.05) is 32.8 Å². The molecule has 0 aliphatic carbocycles. The van der Waals surface area contributed by atoms with Crippen LogP contribution in [-0.2, 0) is 11.3 Å². The van der Waals surface area contributed by atoms with Crippen LogP contribution in [0.2, 0.25) is 0 Å². The summed E-state index contributed by atoms with van der Waals surface area (Å²) in [7, 11) is 0. The van der Waals surface area contributed by atoms with Crippen LogP contribution in [0.5, 0.6) is 5.75 Å². The van der Waals surface area contributed by atoms with Gasteiger partial charge in [0.2, 0.25) is 0 Å². The zero-order chi connectivity index (χ0) is 17.6. The molecule has 1 amide bonds. The quantitative estimate of drug-likeness (QED) is 0.927. The number of ether oxygens (including phenoxy) is 1. The number of hydrogen-bond donors (Lipinski definition) is 1. The molecule has 0 spiro atoms. The zero-order valence-corrected chi connectivity index (χ0v) is 14.5. The predicted octanol–water partition coefficient (Wildman–Crippen LogP) is 3.33. The Kier molecular flexibility index (Phi) is 5.56. The van der Waals surface area contributed by atoms with Gasteiger partial charge >= 0.3 is 6.09 Å². The monoisotopic (exact) mass is 340 g/mol. The van der Waals surface area contributed by atoms with Crippen LogP contribution >= 0.6 is 0 Å². The van der Waals surface area contributed by atoms with Gasteiger partial charge < -0.3 is 14.7 Å². The lowest BCUT2D eigenvalue weighted by Crippen LogP contribution is -2.48. The molecular weight excluding hydrogens is 316 g/mol. The van der Waals surface area contributed by atoms with Gasteiger partial charge in [0, 0.05) is 38.3 Å². The maximum absolute atomic E-state index is 11.8. The summed E-state index contributed by atoms with van der Waals surface area (Å²) >= 11 is 0. The van der Waals surface area contributed by atoms with Crippen molar-refractivity contribution in [1.82, 2.24) is 9.80 Å². The number of rotatable bonds is 4. The lowest BCUT2D eigenvalue weighted by Gasteiger charge is -2.34. The molecule has 0 unspecified atom stereocenters. The van der Waals surface area contributed by atoms with Crippen molar-refractivity contribution in [3.8, 4) is 16.9 Å². The summed E-state index contributed by atoms with van der Waals surface area (Å²) in [4.78, 5) is 15.7. The van der Waals surface area contributed by atoms with Crippen molar-refractivity contribution in [2.45, 2.75) is 13.5 Å². The average molecular weight is 340 g/mol. The Morgan fingerprint density at radius 2 is 1.76 bits per heavy atom. The van der Waals surface area contributed by atoms with Gasteiger partial charge in [0.1, 0.15) is 5.75 Å². The number of carbonyl (C=O) groups is 1. The van der Waals surface area contributed by atoms with Gasteiger partial charge in [-0.05, 0) is 30.2 Å². The van der Waals surface area contributed by atoms with Crippen molar-refractivity contribution in [3.05, 3.63) is 54.1 Å². The van der Waals surface area contributed by atoms with E-state index in [2.05, 4.69) is 17.0 Å². The van der Waals surface area contributed by atoms with Crippen LogP contribution in [0.25, 0.3) is 11.1 Å². The minimum atomic E-state index is -0.240. The van der Waals surface area contributed by atoms with Gasteiger partial charge in [-0.15, -0.1) is 0 Å². The summed E-state index contributed by atoms with van der Waals surface area (Å²) in [6.07, 6.45) is -0.240. The number of nitrogens with zero attached hydrogens (tertiary/aromatic N) is 2. The molecule has 0 aromatic heterocycles. The van der Waals surface area contributed by atoms with Crippen LogP contribution in [-0.4, -0.2) is 53.8 Å². The highest BCUT2D eigenvalue weighted by atomic mass is 16.6. The van der Waals surface area contributed by atoms with E-state index in [1.807, 2.05) is 37.3 Å². The van der Waals surface area contributed by atoms with Crippen LogP contribution in [0.15, 0.2) is 48.5 Å². The van der Waals surface area contributed by atoms with E-state index in [9.17, 15) is 9.90 Å². The lowest BCUT2D eigenvalue weighted by molar-refractivity contribution is 0.0776. The molecule has 1 saturated heterocycles. The predicted molar refractivity (Wildman–Crippen MR) is 97.4 cm³/mol. The third-order valence-electron chi connectivity index (χ3n) is 4.48. The van der Waals surface area contributed by atoms with E-state index in [-0.39, 0.29) is 6.09 Å². The molecule has 1 heterocycles. The molecule has 1 aliphatic heterocycles. The second-order valence-electron chi connectivity index (χ2n) is 6.17. The molecule has 0 saturated carbocycles. The molecule has 0 bridgehead atoms. The zero-order valence-electron chi connectivity index (χ0n) is 14.5. The number of phenols is 1. The number of aromatic hydroxyl groups is 1. The van der Waals surface area contributed by atoms with Crippen molar-refractivity contribution >= 4 is 6.09 Å². The van der Waals surface area contributed by atoms with Crippen LogP contribution < -0.4 is 0 Å². The average Bonchev–Trinajstić information content (AvgIpc) is 2.65. The van der Waals surface area contributed by atoms with Gasteiger partial charge in [-0.1, -0.05) is 36.4 Å². The molecule has 1 N–H and O–H groups in total. The van der Waals surface area contributed by atoms with Gasteiger partial charge in [0.25, 0.3) is 0 Å². The highest BCUT2D eigenvalue weighted by Gasteiger charge is 2.22. The largest absolute Gasteiger partial charge is 0.508 e. The van der Waals surface area contributed by atoms with Crippen molar-refractivity contribution in [2.24, 2.45) is 0 Å². The number of hydrogen-bond acceptors (Lipinski definition) is 4. The third kappa shape index (κ3) is 4.31. The normalized spacial score (nSPS) is 15.2. The van der Waals surface area contributed by atoms with Crippen molar-refractivity contribution in [3.63, 3.8) is 0 Å². The topological polar surface area (TPSA) is 53.0 Å². The molecule has 1 fully saturated rings. The van der Waals surface area contributed by atoms with Crippen LogP contribution in [0.3, 0.4) is 0 Å². The maximum Gasteiger partial charge on any atom is 0.409 e. The molecule has 25 heavy (non-hydrogen) atoms. The van der Waals surface area contributed by atoms with Gasteiger partial charge in [-0.3, -0.25) is 4.90 Å². The minimum absolute atomic E-state index is 0.240. The van der Waals surface area contributed by atoms with Crippen LogP contribution in [0.1, 0.15) is 12.5 Å². The second kappa shape index (κ2) is 8.03. The molecule has 132 valence electrons. The summed E-state index contributed by atoms with van der Waals surface area (Å²) in [5.74, 6) is 0.313. The number of phenolic OH excluding ortho intramolecular Hbond substituents is 1. The number of piperazine rings is 1. The smallest absolute Gasteiger partial charge is 0.409 e. The SMILES string of the molecule is CCOC(=O)N1CCN(Cc2cc(-c3ccccc3)ccc2O)CC1. The van der Waals surface area contributed by atoms with Gasteiger partial charge in [-0.25, -0.2) is 4.79 Å². The Morgan fingerprint density at radius 1 is 1.04 bits per heavy atom.